The summed E-state index contributed by atoms with van der Waals surface area (Å²) in [6, 6.07) is 0. The predicted molar refractivity (Wildman–Crippen MR) is 81.4 cm³/mol. The van der Waals surface area contributed by atoms with Gasteiger partial charge in [-0.2, -0.15) is 0 Å². The Bertz CT molecular complexity index is 308. The van der Waals surface area contributed by atoms with Gasteiger partial charge in [-0.1, -0.05) is 0 Å². The van der Waals surface area contributed by atoms with E-state index in [1.807, 2.05) is 0 Å². The molecule has 0 unspecified atom stereocenters. The van der Waals surface area contributed by atoms with Crippen molar-refractivity contribution in [2.45, 2.75) is 72.2 Å². The predicted octanol–water partition coefficient (Wildman–Crippen LogP) is 4.42. The number of hydrogen-bond donors (Lipinski definition) is 0. The van der Waals surface area contributed by atoms with Crippen LogP contribution in [0.4, 0.5) is 0 Å². The molecule has 0 spiro atoms. The fraction of sp³-hybridized carbons (Fsp3) is 0.857. The van der Waals surface area contributed by atoms with Crippen molar-refractivity contribution in [1.82, 2.24) is 0 Å². The molecular formula is C14H28OSiSn. The van der Waals surface area contributed by atoms with Crippen molar-refractivity contribution < 1.29 is 4.43 Å². The van der Waals surface area contributed by atoms with Gasteiger partial charge < -0.3 is 0 Å². The van der Waals surface area contributed by atoms with Crippen LogP contribution in [0.15, 0.2) is 0 Å². The van der Waals surface area contributed by atoms with Gasteiger partial charge in [0.25, 0.3) is 0 Å². The van der Waals surface area contributed by atoms with E-state index in [2.05, 4.69) is 44.3 Å². The molecule has 0 bridgehead atoms. The van der Waals surface area contributed by atoms with E-state index in [0.717, 1.165) is 12.8 Å². The van der Waals surface area contributed by atoms with Gasteiger partial charge in [0.1, 0.15) is 0 Å². The summed E-state index contributed by atoms with van der Waals surface area (Å²) in [6.07, 6.45) is 6.26. The molecule has 0 radical (unpaired) electrons. The molecule has 0 aromatic carbocycles. The van der Waals surface area contributed by atoms with Crippen LogP contribution in [0, 0.1) is 9.86 Å². The summed E-state index contributed by atoms with van der Waals surface area (Å²) >= 11 is -1.99. The Morgan fingerprint density at radius 1 is 1.00 bits per heavy atom. The van der Waals surface area contributed by atoms with Crippen LogP contribution in [0.1, 0.15) is 32.1 Å². The first-order chi connectivity index (χ1) is 7.62. The summed E-state index contributed by atoms with van der Waals surface area (Å²) in [6.45, 7) is 6.85. The molecular weight excluding hydrogens is 331 g/mol. The molecule has 0 amide bonds. The van der Waals surface area contributed by atoms with Gasteiger partial charge in [-0.3, -0.25) is 0 Å². The van der Waals surface area contributed by atoms with Crippen LogP contribution in [0.2, 0.25) is 34.5 Å². The van der Waals surface area contributed by atoms with Gasteiger partial charge in [-0.25, -0.2) is 0 Å². The molecule has 1 aliphatic carbocycles. The Morgan fingerprint density at radius 2 is 1.53 bits per heavy atom. The molecule has 1 aliphatic rings. The summed E-state index contributed by atoms with van der Waals surface area (Å²) in [7, 11) is -1.49. The molecule has 0 aromatic rings. The zero-order valence-electron chi connectivity index (χ0n) is 12.4. The summed E-state index contributed by atoms with van der Waals surface area (Å²) in [5.41, 5.74) is -0.0765. The Morgan fingerprint density at radius 3 is 1.94 bits per heavy atom. The van der Waals surface area contributed by atoms with Gasteiger partial charge in [0.2, 0.25) is 0 Å². The van der Waals surface area contributed by atoms with E-state index in [1.165, 1.54) is 19.3 Å². The second-order valence-corrected chi connectivity index (χ2v) is 25.3. The quantitative estimate of drug-likeness (QED) is 0.524. The molecule has 0 atom stereocenters. The van der Waals surface area contributed by atoms with Crippen molar-refractivity contribution in [3.05, 3.63) is 0 Å². The van der Waals surface area contributed by atoms with E-state index in [4.69, 9.17) is 4.43 Å². The molecule has 17 heavy (non-hydrogen) atoms. The molecule has 0 N–H and O–H groups in total. The van der Waals surface area contributed by atoms with Gasteiger partial charge in [-0.05, 0) is 0 Å². The standard InChI is InChI=1S/C11H19OSi.3CH3.Sn/c1-5-11(12-13(2,3)4)9-7-6-8-10-11;;;;/h6-10H2,2-4H3;3*1H3;. The van der Waals surface area contributed by atoms with Crippen LogP contribution in [-0.4, -0.2) is 32.3 Å². The van der Waals surface area contributed by atoms with Crippen molar-refractivity contribution in [3.63, 3.8) is 0 Å². The zero-order chi connectivity index (χ0) is 13.2. The van der Waals surface area contributed by atoms with Crippen LogP contribution in [0.3, 0.4) is 0 Å². The average Bonchev–Trinajstić information content (AvgIpc) is 2.13. The second-order valence-electron chi connectivity index (χ2n) is 7.27. The summed E-state index contributed by atoms with van der Waals surface area (Å²) in [5, 5.41) is 0. The van der Waals surface area contributed by atoms with E-state index in [9.17, 15) is 0 Å². The topological polar surface area (TPSA) is 9.23 Å². The molecule has 0 saturated heterocycles. The third-order valence-electron chi connectivity index (χ3n) is 2.83. The van der Waals surface area contributed by atoms with Crippen LogP contribution in [0.25, 0.3) is 0 Å². The summed E-state index contributed by atoms with van der Waals surface area (Å²) in [5.74, 6) is 3.59. The molecule has 1 fully saturated rings. The molecule has 98 valence electrons. The maximum absolute atomic E-state index is 6.46. The van der Waals surface area contributed by atoms with Crippen molar-refractivity contribution in [3.8, 4) is 9.86 Å². The number of rotatable bonds is 2. The Balaban J connectivity index is 2.89. The zero-order valence-corrected chi connectivity index (χ0v) is 16.3. The van der Waals surface area contributed by atoms with E-state index >= 15 is 0 Å². The van der Waals surface area contributed by atoms with E-state index in [-0.39, 0.29) is 5.60 Å². The van der Waals surface area contributed by atoms with Gasteiger partial charge >= 0.3 is 113 Å². The first-order valence-electron chi connectivity index (χ1n) is 6.87. The second kappa shape index (κ2) is 5.67. The third kappa shape index (κ3) is 6.31. The fourth-order valence-electron chi connectivity index (χ4n) is 2.26. The van der Waals surface area contributed by atoms with Crippen molar-refractivity contribution in [1.29, 1.82) is 0 Å². The first-order valence-corrected chi connectivity index (χ1v) is 20.3. The molecule has 1 nitrogen and oxygen atoms in total. The Hall–Kier alpha value is 0.536. The molecule has 0 heterocycles. The van der Waals surface area contributed by atoms with Gasteiger partial charge in [0.05, 0.1) is 0 Å². The molecule has 0 aliphatic heterocycles. The minimum atomic E-state index is -1.99. The molecule has 1 saturated carbocycles. The van der Waals surface area contributed by atoms with Crippen molar-refractivity contribution in [2.75, 3.05) is 0 Å². The van der Waals surface area contributed by atoms with E-state index in [0.29, 0.717) is 0 Å². The first kappa shape index (κ1) is 15.6. The minimum absolute atomic E-state index is 0.0765. The van der Waals surface area contributed by atoms with E-state index < -0.39 is 26.7 Å². The maximum atomic E-state index is 6.46. The normalized spacial score (nSPS) is 20.6. The Labute approximate surface area is 113 Å². The molecule has 0 aromatic heterocycles. The van der Waals surface area contributed by atoms with Crippen molar-refractivity contribution >= 4 is 26.7 Å². The molecule has 3 heteroatoms. The van der Waals surface area contributed by atoms with Gasteiger partial charge in [-0.15, -0.1) is 0 Å². The van der Waals surface area contributed by atoms with Crippen LogP contribution in [-0.2, 0) is 4.43 Å². The summed E-state index contributed by atoms with van der Waals surface area (Å²) in [4.78, 5) is 7.15. The number of hydrogen-bond acceptors (Lipinski definition) is 1. The van der Waals surface area contributed by atoms with Gasteiger partial charge in [0.15, 0.2) is 0 Å². The monoisotopic (exact) mass is 360 g/mol. The SMILES string of the molecule is C[Si](C)(C)OC1(C#[C][Sn]([CH3])([CH3])[CH3])CCCCC1. The van der Waals surface area contributed by atoms with Crippen LogP contribution >= 0.6 is 0 Å². The van der Waals surface area contributed by atoms with Crippen molar-refractivity contribution in [2.24, 2.45) is 0 Å². The third-order valence-corrected chi connectivity index (χ3v) is 6.33. The Kier molecular flexibility index (Phi) is 5.20. The van der Waals surface area contributed by atoms with Crippen LogP contribution < -0.4 is 0 Å². The fourth-order valence-corrected chi connectivity index (χ4v) is 5.41. The summed E-state index contributed by atoms with van der Waals surface area (Å²) < 4.78 is 10.1. The molecule has 1 rings (SSSR count). The van der Waals surface area contributed by atoms with Crippen LogP contribution in [0.5, 0.6) is 0 Å². The average molecular weight is 359 g/mol. The van der Waals surface area contributed by atoms with Gasteiger partial charge in [0, 0.05) is 0 Å². The van der Waals surface area contributed by atoms with E-state index in [1.54, 1.807) is 0 Å².